The second kappa shape index (κ2) is 5.08. The number of aromatic nitrogens is 3. The third-order valence-electron chi connectivity index (χ3n) is 2.91. The average molecular weight is 230 g/mol. The fourth-order valence-electron chi connectivity index (χ4n) is 1.86. The molecule has 0 aliphatic carbocycles. The molecule has 17 heavy (non-hydrogen) atoms. The summed E-state index contributed by atoms with van der Waals surface area (Å²) < 4.78 is 0. The fourth-order valence-corrected chi connectivity index (χ4v) is 1.86. The molecule has 2 heterocycles. The van der Waals surface area contributed by atoms with Crippen LogP contribution in [-0.4, -0.2) is 21.0 Å². The summed E-state index contributed by atoms with van der Waals surface area (Å²) >= 11 is 0. The lowest BCUT2D eigenvalue weighted by Gasteiger charge is -2.21. The number of nitrogens with zero attached hydrogens (tertiary/aromatic N) is 3. The highest BCUT2D eigenvalue weighted by Crippen LogP contribution is 2.15. The third kappa shape index (κ3) is 2.70. The molecule has 0 spiro atoms. The van der Waals surface area contributed by atoms with E-state index in [1.807, 2.05) is 12.1 Å². The van der Waals surface area contributed by atoms with Gasteiger partial charge in [0.25, 0.3) is 0 Å². The van der Waals surface area contributed by atoms with E-state index in [0.717, 1.165) is 17.8 Å². The van der Waals surface area contributed by atoms with Crippen LogP contribution in [0.2, 0.25) is 0 Å². The summed E-state index contributed by atoms with van der Waals surface area (Å²) in [6, 6.07) is 4.35. The summed E-state index contributed by atoms with van der Waals surface area (Å²) in [5.41, 5.74) is 1.52. The molecule has 1 atom stereocenters. The van der Waals surface area contributed by atoms with Gasteiger partial charge in [-0.3, -0.25) is 4.98 Å². The van der Waals surface area contributed by atoms with Crippen LogP contribution in [0, 0.1) is 5.92 Å². The van der Waals surface area contributed by atoms with Gasteiger partial charge in [0.05, 0.1) is 0 Å². The van der Waals surface area contributed by atoms with E-state index in [4.69, 9.17) is 0 Å². The van der Waals surface area contributed by atoms with Crippen LogP contribution in [0.3, 0.4) is 0 Å². The fraction of sp³-hybridized carbons (Fsp3) is 0.462. The number of nitrogens with one attached hydrogen (secondary N) is 1. The first-order valence-corrected chi connectivity index (χ1v) is 6.05. The predicted octanol–water partition coefficient (Wildman–Crippen LogP) is 2.87. The van der Waals surface area contributed by atoms with Gasteiger partial charge in [0.2, 0.25) is 0 Å². The molecule has 0 aromatic carbocycles. The molecule has 0 radical (unpaired) electrons. The molecule has 0 saturated heterocycles. The standard InChI is InChI=1S/C13H18N4/c1-4-10(9(2)3)16-12-6-5-11-13(17-12)15-8-7-14-11/h5-10H,4H2,1-3H3,(H,15,16,17). The summed E-state index contributed by atoms with van der Waals surface area (Å²) in [4.78, 5) is 12.9. The second-order valence-electron chi connectivity index (χ2n) is 4.50. The number of rotatable bonds is 4. The topological polar surface area (TPSA) is 50.7 Å². The van der Waals surface area contributed by atoms with Crippen LogP contribution in [-0.2, 0) is 0 Å². The summed E-state index contributed by atoms with van der Waals surface area (Å²) in [6.07, 6.45) is 4.43. The Morgan fingerprint density at radius 1 is 1.18 bits per heavy atom. The number of anilines is 1. The van der Waals surface area contributed by atoms with Crippen molar-refractivity contribution < 1.29 is 0 Å². The zero-order chi connectivity index (χ0) is 12.3. The van der Waals surface area contributed by atoms with Gasteiger partial charge in [-0.15, -0.1) is 0 Å². The lowest BCUT2D eigenvalue weighted by atomic mass is 10.0. The first-order chi connectivity index (χ1) is 8.20. The molecule has 2 rings (SSSR count). The summed E-state index contributed by atoms with van der Waals surface area (Å²) in [6.45, 7) is 6.60. The van der Waals surface area contributed by atoms with E-state index in [1.165, 1.54) is 0 Å². The van der Waals surface area contributed by atoms with Gasteiger partial charge in [0.1, 0.15) is 11.3 Å². The molecule has 0 aliphatic heterocycles. The molecule has 2 aromatic rings. The van der Waals surface area contributed by atoms with Gasteiger partial charge in [-0.05, 0) is 24.5 Å². The van der Waals surface area contributed by atoms with Gasteiger partial charge in [-0.2, -0.15) is 0 Å². The van der Waals surface area contributed by atoms with E-state index < -0.39 is 0 Å². The van der Waals surface area contributed by atoms with Crippen LogP contribution >= 0.6 is 0 Å². The minimum atomic E-state index is 0.441. The van der Waals surface area contributed by atoms with Crippen molar-refractivity contribution in [2.45, 2.75) is 33.2 Å². The largest absolute Gasteiger partial charge is 0.367 e. The molecule has 0 bridgehead atoms. The molecule has 2 aromatic heterocycles. The smallest absolute Gasteiger partial charge is 0.180 e. The second-order valence-corrected chi connectivity index (χ2v) is 4.50. The van der Waals surface area contributed by atoms with E-state index in [-0.39, 0.29) is 0 Å². The van der Waals surface area contributed by atoms with E-state index >= 15 is 0 Å². The normalized spacial score (nSPS) is 12.9. The Morgan fingerprint density at radius 3 is 2.65 bits per heavy atom. The molecule has 0 aliphatic rings. The summed E-state index contributed by atoms with van der Waals surface area (Å²) in [7, 11) is 0. The Labute approximate surface area is 102 Å². The highest BCUT2D eigenvalue weighted by Gasteiger charge is 2.11. The molecule has 4 heteroatoms. The molecule has 4 nitrogen and oxygen atoms in total. The van der Waals surface area contributed by atoms with Crippen molar-refractivity contribution in [2.24, 2.45) is 5.92 Å². The lowest BCUT2D eigenvalue weighted by Crippen LogP contribution is -2.25. The minimum absolute atomic E-state index is 0.441. The van der Waals surface area contributed by atoms with E-state index in [9.17, 15) is 0 Å². The molecular weight excluding hydrogens is 212 g/mol. The van der Waals surface area contributed by atoms with Crippen LogP contribution in [0.4, 0.5) is 5.82 Å². The Bertz CT molecular complexity index is 495. The number of hydrogen-bond donors (Lipinski definition) is 1. The van der Waals surface area contributed by atoms with Gasteiger partial charge < -0.3 is 5.32 Å². The van der Waals surface area contributed by atoms with E-state index in [0.29, 0.717) is 17.6 Å². The van der Waals surface area contributed by atoms with Crippen molar-refractivity contribution >= 4 is 17.0 Å². The van der Waals surface area contributed by atoms with E-state index in [1.54, 1.807) is 12.4 Å². The van der Waals surface area contributed by atoms with Crippen molar-refractivity contribution in [3.63, 3.8) is 0 Å². The maximum Gasteiger partial charge on any atom is 0.180 e. The maximum atomic E-state index is 4.46. The van der Waals surface area contributed by atoms with Crippen molar-refractivity contribution in [3.05, 3.63) is 24.5 Å². The number of hydrogen-bond acceptors (Lipinski definition) is 4. The highest BCUT2D eigenvalue weighted by atomic mass is 15.0. The summed E-state index contributed by atoms with van der Waals surface area (Å²) in [5.74, 6) is 1.46. The van der Waals surface area contributed by atoms with Gasteiger partial charge in [0.15, 0.2) is 5.65 Å². The Morgan fingerprint density at radius 2 is 1.94 bits per heavy atom. The molecule has 0 amide bonds. The Hall–Kier alpha value is -1.71. The maximum absolute atomic E-state index is 4.46. The number of pyridine rings is 1. The van der Waals surface area contributed by atoms with Gasteiger partial charge in [0, 0.05) is 18.4 Å². The Kier molecular flexibility index (Phi) is 3.52. The molecule has 90 valence electrons. The predicted molar refractivity (Wildman–Crippen MR) is 69.9 cm³/mol. The zero-order valence-corrected chi connectivity index (χ0v) is 10.5. The molecule has 0 saturated carbocycles. The summed E-state index contributed by atoms with van der Waals surface area (Å²) in [5, 5.41) is 3.44. The van der Waals surface area contributed by atoms with E-state index in [2.05, 4.69) is 41.0 Å². The van der Waals surface area contributed by atoms with Gasteiger partial charge in [-0.25, -0.2) is 9.97 Å². The van der Waals surface area contributed by atoms with Crippen LogP contribution in [0.15, 0.2) is 24.5 Å². The van der Waals surface area contributed by atoms with Gasteiger partial charge >= 0.3 is 0 Å². The van der Waals surface area contributed by atoms with Crippen molar-refractivity contribution in [2.75, 3.05) is 5.32 Å². The monoisotopic (exact) mass is 230 g/mol. The van der Waals surface area contributed by atoms with Gasteiger partial charge in [-0.1, -0.05) is 20.8 Å². The molecular formula is C13H18N4. The first kappa shape index (κ1) is 11.8. The number of fused-ring (bicyclic) bond motifs is 1. The lowest BCUT2D eigenvalue weighted by molar-refractivity contribution is 0.510. The van der Waals surface area contributed by atoms with Crippen molar-refractivity contribution in [1.82, 2.24) is 15.0 Å². The van der Waals surface area contributed by atoms with Crippen molar-refractivity contribution in [3.8, 4) is 0 Å². The minimum Gasteiger partial charge on any atom is -0.367 e. The van der Waals surface area contributed by atoms with Crippen molar-refractivity contribution in [1.29, 1.82) is 0 Å². The molecule has 1 unspecified atom stereocenters. The van der Waals surface area contributed by atoms with Crippen LogP contribution in [0.25, 0.3) is 11.2 Å². The zero-order valence-electron chi connectivity index (χ0n) is 10.5. The highest BCUT2D eigenvalue weighted by molar-refractivity contribution is 5.71. The van der Waals surface area contributed by atoms with Crippen LogP contribution < -0.4 is 5.32 Å². The first-order valence-electron chi connectivity index (χ1n) is 6.05. The molecule has 0 fully saturated rings. The average Bonchev–Trinajstić information content (AvgIpc) is 2.35. The van der Waals surface area contributed by atoms with Crippen LogP contribution in [0.5, 0.6) is 0 Å². The molecule has 1 N–H and O–H groups in total. The third-order valence-corrected chi connectivity index (χ3v) is 2.91. The van der Waals surface area contributed by atoms with Crippen LogP contribution in [0.1, 0.15) is 27.2 Å². The SMILES string of the molecule is CCC(Nc1ccc2nccnc2n1)C(C)C. The Balaban J connectivity index is 2.24. The quantitative estimate of drug-likeness (QED) is 0.877.